The summed E-state index contributed by atoms with van der Waals surface area (Å²) in [5.41, 5.74) is 7.88. The lowest BCUT2D eigenvalue weighted by molar-refractivity contribution is 0.0929. The Morgan fingerprint density at radius 3 is 2.78 bits per heavy atom. The molecule has 0 aliphatic carbocycles. The first-order chi connectivity index (χ1) is 15.1. The molecule has 1 N–H and O–H groups in total. The van der Waals surface area contributed by atoms with E-state index in [-0.39, 0.29) is 11.3 Å². The molecule has 1 atom stereocenters. The van der Waals surface area contributed by atoms with Crippen molar-refractivity contribution in [2.75, 3.05) is 19.1 Å². The van der Waals surface area contributed by atoms with Crippen LogP contribution in [0, 0.1) is 6.92 Å². The van der Waals surface area contributed by atoms with Crippen molar-refractivity contribution in [3.63, 3.8) is 0 Å². The van der Waals surface area contributed by atoms with E-state index in [1.807, 2.05) is 6.07 Å². The summed E-state index contributed by atoms with van der Waals surface area (Å²) in [6.45, 7) is 8.88. The molecule has 2 aromatic carbocycles. The molecule has 0 unspecified atom stereocenters. The summed E-state index contributed by atoms with van der Waals surface area (Å²) in [5, 5.41) is 4.97. The predicted octanol–water partition coefficient (Wildman–Crippen LogP) is 6.00. The lowest BCUT2D eigenvalue weighted by Crippen LogP contribution is -2.45. The van der Waals surface area contributed by atoms with Crippen LogP contribution in [0.25, 0.3) is 11.0 Å². The van der Waals surface area contributed by atoms with E-state index < -0.39 is 5.91 Å². The van der Waals surface area contributed by atoms with E-state index in [9.17, 15) is 4.79 Å². The van der Waals surface area contributed by atoms with Gasteiger partial charge < -0.3 is 14.1 Å². The lowest BCUT2D eigenvalue weighted by Gasteiger charge is -2.45. The molecule has 1 aromatic heterocycles. The number of carbonyl (C=O) groups is 1. The van der Waals surface area contributed by atoms with Crippen LogP contribution in [-0.4, -0.2) is 31.8 Å². The van der Waals surface area contributed by atoms with E-state index >= 15 is 0 Å². The van der Waals surface area contributed by atoms with Crippen molar-refractivity contribution >= 4 is 44.7 Å². The molecule has 6 nitrogen and oxygen atoms in total. The molecule has 0 fully saturated rings. The minimum atomic E-state index is -0.416. The Bertz CT molecular complexity index is 1230. The molecule has 0 spiro atoms. The van der Waals surface area contributed by atoms with Crippen LogP contribution in [0.4, 0.5) is 5.69 Å². The fraction of sp³-hybridized carbons (Fsp3) is 0.360. The monoisotopic (exact) mass is 497 g/mol. The SMILES string of the molecule is COc1cc(Br)cc2cc(C(=O)N/N=C\c3cc4c(cc3C)N(C)C(C)(C)C[C@H]4C)oc12. The molecule has 0 saturated heterocycles. The zero-order chi connectivity index (χ0) is 23.2. The minimum absolute atomic E-state index is 0.118. The molecule has 3 aromatic rings. The van der Waals surface area contributed by atoms with Crippen molar-refractivity contribution in [1.82, 2.24) is 5.43 Å². The molecule has 168 valence electrons. The van der Waals surface area contributed by atoms with E-state index in [1.54, 1.807) is 25.5 Å². The van der Waals surface area contributed by atoms with Gasteiger partial charge >= 0.3 is 5.91 Å². The number of anilines is 1. The van der Waals surface area contributed by atoms with Crippen LogP contribution in [0.2, 0.25) is 0 Å². The van der Waals surface area contributed by atoms with E-state index in [0.29, 0.717) is 17.3 Å². The molecule has 4 rings (SSSR count). The number of benzene rings is 2. The van der Waals surface area contributed by atoms with Crippen LogP contribution in [0.15, 0.2) is 44.3 Å². The van der Waals surface area contributed by atoms with Gasteiger partial charge in [-0.2, -0.15) is 5.10 Å². The molecule has 2 heterocycles. The highest BCUT2D eigenvalue weighted by Crippen LogP contribution is 2.43. The number of aryl methyl sites for hydroxylation is 1. The molecular weight excluding hydrogens is 470 g/mol. The molecule has 32 heavy (non-hydrogen) atoms. The van der Waals surface area contributed by atoms with Crippen LogP contribution >= 0.6 is 15.9 Å². The number of nitrogens with zero attached hydrogens (tertiary/aromatic N) is 2. The second kappa shape index (κ2) is 8.28. The standard InChI is InChI=1S/C25H28BrN3O3/c1-14-7-20-19(15(2)12-25(3,4)29(20)5)9-17(14)13-27-28-24(30)22-10-16-8-18(26)11-21(31-6)23(16)32-22/h7-11,13,15H,12H2,1-6H3,(H,28,30)/b27-13-/t15-/m1/s1. The summed E-state index contributed by atoms with van der Waals surface area (Å²) in [6, 6.07) is 9.73. The topological polar surface area (TPSA) is 67.1 Å². The summed E-state index contributed by atoms with van der Waals surface area (Å²) in [7, 11) is 3.72. The summed E-state index contributed by atoms with van der Waals surface area (Å²) >= 11 is 3.44. The molecule has 0 radical (unpaired) electrons. The van der Waals surface area contributed by atoms with E-state index in [2.05, 4.69) is 78.2 Å². The summed E-state index contributed by atoms with van der Waals surface area (Å²) < 4.78 is 11.9. The van der Waals surface area contributed by atoms with Gasteiger partial charge in [-0.1, -0.05) is 22.9 Å². The zero-order valence-electron chi connectivity index (χ0n) is 19.2. The molecule has 0 saturated carbocycles. The highest BCUT2D eigenvalue weighted by Gasteiger charge is 2.34. The predicted molar refractivity (Wildman–Crippen MR) is 132 cm³/mol. The number of ether oxygens (including phenoxy) is 1. The number of fused-ring (bicyclic) bond motifs is 2. The van der Waals surface area contributed by atoms with Gasteiger partial charge in [0, 0.05) is 28.1 Å². The minimum Gasteiger partial charge on any atom is -0.493 e. The Kier molecular flexibility index (Phi) is 5.79. The molecule has 7 heteroatoms. The Morgan fingerprint density at radius 1 is 1.31 bits per heavy atom. The smallest absolute Gasteiger partial charge is 0.307 e. The van der Waals surface area contributed by atoms with Crippen molar-refractivity contribution < 1.29 is 13.9 Å². The van der Waals surface area contributed by atoms with E-state index in [4.69, 9.17) is 9.15 Å². The van der Waals surface area contributed by atoms with Gasteiger partial charge in [0.05, 0.1) is 13.3 Å². The van der Waals surface area contributed by atoms with Crippen molar-refractivity contribution in [2.24, 2.45) is 5.10 Å². The molecule has 0 bridgehead atoms. The summed E-state index contributed by atoms with van der Waals surface area (Å²) in [6.07, 6.45) is 2.78. The van der Waals surface area contributed by atoms with Crippen LogP contribution in [0.3, 0.4) is 0 Å². The van der Waals surface area contributed by atoms with Gasteiger partial charge in [0.2, 0.25) is 0 Å². The number of carbonyl (C=O) groups excluding carboxylic acids is 1. The zero-order valence-corrected chi connectivity index (χ0v) is 20.8. The Balaban J connectivity index is 1.55. The van der Waals surface area contributed by atoms with Crippen LogP contribution in [0.1, 0.15) is 60.4 Å². The number of furan rings is 1. The number of methoxy groups -OCH3 is 1. The summed E-state index contributed by atoms with van der Waals surface area (Å²) in [4.78, 5) is 14.9. The average molecular weight is 498 g/mol. The first-order valence-electron chi connectivity index (χ1n) is 10.6. The van der Waals surface area contributed by atoms with Gasteiger partial charge in [-0.3, -0.25) is 4.79 Å². The number of amides is 1. The number of rotatable bonds is 4. The Labute approximate surface area is 196 Å². The van der Waals surface area contributed by atoms with Gasteiger partial charge in [-0.05, 0) is 80.1 Å². The molecule has 1 aliphatic heterocycles. The van der Waals surface area contributed by atoms with Gasteiger partial charge in [0.25, 0.3) is 0 Å². The maximum Gasteiger partial charge on any atom is 0.307 e. The second-order valence-electron chi connectivity index (χ2n) is 9.08. The number of halogens is 1. The van der Waals surface area contributed by atoms with Gasteiger partial charge in [-0.15, -0.1) is 0 Å². The van der Waals surface area contributed by atoms with Crippen LogP contribution in [0.5, 0.6) is 5.75 Å². The van der Waals surface area contributed by atoms with Crippen molar-refractivity contribution in [3.05, 3.63) is 57.3 Å². The number of hydrogen-bond donors (Lipinski definition) is 1. The van der Waals surface area contributed by atoms with Crippen LogP contribution in [-0.2, 0) is 0 Å². The molecule has 1 amide bonds. The summed E-state index contributed by atoms with van der Waals surface area (Å²) in [5.74, 6) is 0.765. The third-order valence-corrected chi connectivity index (χ3v) is 6.84. The number of hydrazone groups is 1. The Hall–Kier alpha value is -2.80. The van der Waals surface area contributed by atoms with Gasteiger partial charge in [-0.25, -0.2) is 5.43 Å². The quantitative estimate of drug-likeness (QED) is 0.354. The highest BCUT2D eigenvalue weighted by atomic mass is 79.9. The highest BCUT2D eigenvalue weighted by molar-refractivity contribution is 9.10. The Morgan fingerprint density at radius 2 is 2.06 bits per heavy atom. The van der Waals surface area contributed by atoms with Gasteiger partial charge in [0.1, 0.15) is 0 Å². The fourth-order valence-corrected chi connectivity index (χ4v) is 4.89. The van der Waals surface area contributed by atoms with Crippen molar-refractivity contribution in [3.8, 4) is 5.75 Å². The van der Waals surface area contributed by atoms with Crippen LogP contribution < -0.4 is 15.1 Å². The van der Waals surface area contributed by atoms with E-state index in [0.717, 1.165) is 27.4 Å². The average Bonchev–Trinajstić information content (AvgIpc) is 3.16. The third kappa shape index (κ3) is 4.01. The fourth-order valence-electron chi connectivity index (χ4n) is 4.44. The molecule has 1 aliphatic rings. The largest absolute Gasteiger partial charge is 0.493 e. The van der Waals surface area contributed by atoms with E-state index in [1.165, 1.54) is 11.3 Å². The number of hydrogen-bond acceptors (Lipinski definition) is 5. The number of nitrogens with one attached hydrogen (secondary N) is 1. The molecular formula is C25H28BrN3O3. The first kappa shape index (κ1) is 22.4. The van der Waals surface area contributed by atoms with Crippen molar-refractivity contribution in [1.29, 1.82) is 0 Å². The second-order valence-corrected chi connectivity index (χ2v) is 10.00. The lowest BCUT2D eigenvalue weighted by atomic mass is 9.79. The van der Waals surface area contributed by atoms with Gasteiger partial charge in [0.15, 0.2) is 17.1 Å². The maximum absolute atomic E-state index is 12.6. The maximum atomic E-state index is 12.6. The normalized spacial score (nSPS) is 17.6. The van der Waals surface area contributed by atoms with Crippen molar-refractivity contribution in [2.45, 2.75) is 45.6 Å². The first-order valence-corrected chi connectivity index (χ1v) is 11.4. The third-order valence-electron chi connectivity index (χ3n) is 6.38.